The molecule has 0 fully saturated rings. The standard InChI is InChI=1S/C18H24F3N5/c1-5-22-17(25(3)11-14-8-6-13(2)7-9-14)23-10-15-12-26(4)24-16(15)18(19,20)21/h6-9,12H,5,10-11H2,1-4H3,(H,22,23). The van der Waals surface area contributed by atoms with Gasteiger partial charge >= 0.3 is 6.18 Å². The second-order valence-corrected chi connectivity index (χ2v) is 6.19. The highest BCUT2D eigenvalue weighted by molar-refractivity contribution is 5.79. The summed E-state index contributed by atoms with van der Waals surface area (Å²) in [5, 5.41) is 6.63. The van der Waals surface area contributed by atoms with Crippen LogP contribution in [0.3, 0.4) is 0 Å². The molecule has 0 saturated carbocycles. The Morgan fingerprint density at radius 3 is 2.50 bits per heavy atom. The average Bonchev–Trinajstić information content (AvgIpc) is 2.94. The molecular weight excluding hydrogens is 343 g/mol. The molecule has 5 nitrogen and oxygen atoms in total. The van der Waals surface area contributed by atoms with E-state index < -0.39 is 11.9 Å². The first-order valence-corrected chi connectivity index (χ1v) is 8.35. The predicted octanol–water partition coefficient (Wildman–Crippen LogP) is 3.34. The van der Waals surface area contributed by atoms with E-state index in [1.165, 1.54) is 18.8 Å². The molecule has 0 aliphatic heterocycles. The minimum Gasteiger partial charge on any atom is -0.357 e. The van der Waals surface area contributed by atoms with Crippen LogP contribution in [0.5, 0.6) is 0 Å². The molecule has 26 heavy (non-hydrogen) atoms. The number of benzene rings is 1. The van der Waals surface area contributed by atoms with Crippen LogP contribution in [0.1, 0.15) is 29.3 Å². The molecule has 0 unspecified atom stereocenters. The van der Waals surface area contributed by atoms with Crippen molar-refractivity contribution in [3.05, 3.63) is 52.8 Å². The first kappa shape index (κ1) is 19.8. The molecule has 0 aliphatic carbocycles. The van der Waals surface area contributed by atoms with Gasteiger partial charge in [0, 0.05) is 38.9 Å². The summed E-state index contributed by atoms with van der Waals surface area (Å²) < 4.78 is 40.4. The fourth-order valence-electron chi connectivity index (χ4n) is 2.56. The SMILES string of the molecule is CCNC(=NCc1cn(C)nc1C(F)(F)F)N(C)Cc1ccc(C)cc1. The largest absolute Gasteiger partial charge is 0.435 e. The van der Waals surface area contributed by atoms with Gasteiger partial charge < -0.3 is 10.2 Å². The number of aromatic nitrogens is 2. The summed E-state index contributed by atoms with van der Waals surface area (Å²) >= 11 is 0. The van der Waals surface area contributed by atoms with Gasteiger partial charge in [-0.15, -0.1) is 0 Å². The van der Waals surface area contributed by atoms with Gasteiger partial charge in [0.1, 0.15) is 0 Å². The van der Waals surface area contributed by atoms with Crippen molar-refractivity contribution in [3.63, 3.8) is 0 Å². The van der Waals surface area contributed by atoms with Crippen molar-refractivity contribution >= 4 is 5.96 Å². The Morgan fingerprint density at radius 2 is 1.92 bits per heavy atom. The van der Waals surface area contributed by atoms with Crippen molar-refractivity contribution in [2.45, 2.75) is 33.1 Å². The molecule has 0 amide bonds. The summed E-state index contributed by atoms with van der Waals surface area (Å²) in [5.74, 6) is 0.546. The van der Waals surface area contributed by atoms with Crippen molar-refractivity contribution in [1.82, 2.24) is 20.0 Å². The van der Waals surface area contributed by atoms with Crippen molar-refractivity contribution < 1.29 is 13.2 Å². The minimum atomic E-state index is -4.49. The van der Waals surface area contributed by atoms with Crippen LogP contribution in [0.15, 0.2) is 35.5 Å². The van der Waals surface area contributed by atoms with E-state index in [-0.39, 0.29) is 12.1 Å². The summed E-state index contributed by atoms with van der Waals surface area (Å²) in [6.07, 6.45) is -3.13. The molecule has 0 spiro atoms. The van der Waals surface area contributed by atoms with Crippen LogP contribution >= 0.6 is 0 Å². The Balaban J connectivity index is 2.17. The van der Waals surface area contributed by atoms with Crippen LogP contribution in [0.4, 0.5) is 13.2 Å². The minimum absolute atomic E-state index is 0.0548. The summed E-state index contributed by atoms with van der Waals surface area (Å²) in [5.41, 5.74) is 1.44. The summed E-state index contributed by atoms with van der Waals surface area (Å²) in [6.45, 7) is 5.07. The van der Waals surface area contributed by atoms with Gasteiger partial charge in [0.25, 0.3) is 0 Å². The summed E-state index contributed by atoms with van der Waals surface area (Å²) in [4.78, 5) is 6.25. The molecular formula is C18H24F3N5. The third-order valence-electron chi connectivity index (χ3n) is 3.81. The van der Waals surface area contributed by atoms with Gasteiger partial charge in [-0.25, -0.2) is 4.99 Å². The van der Waals surface area contributed by atoms with Crippen molar-refractivity contribution in [1.29, 1.82) is 0 Å². The Kier molecular flexibility index (Phi) is 6.28. The molecule has 1 aromatic carbocycles. The molecule has 0 bridgehead atoms. The first-order valence-electron chi connectivity index (χ1n) is 8.35. The molecule has 0 atom stereocenters. The van der Waals surface area contributed by atoms with E-state index in [0.717, 1.165) is 10.2 Å². The van der Waals surface area contributed by atoms with E-state index in [2.05, 4.69) is 15.4 Å². The number of alkyl halides is 3. The summed E-state index contributed by atoms with van der Waals surface area (Å²) in [6, 6.07) is 8.10. The molecule has 0 radical (unpaired) electrons. The number of nitrogens with one attached hydrogen (secondary N) is 1. The zero-order valence-electron chi connectivity index (χ0n) is 15.4. The van der Waals surface area contributed by atoms with Crippen LogP contribution in [0.2, 0.25) is 0 Å². The zero-order chi connectivity index (χ0) is 19.3. The lowest BCUT2D eigenvalue weighted by atomic mass is 10.1. The molecule has 0 aliphatic rings. The lowest BCUT2D eigenvalue weighted by molar-refractivity contribution is -0.142. The average molecular weight is 367 g/mol. The maximum absolute atomic E-state index is 13.1. The van der Waals surface area contributed by atoms with E-state index in [1.807, 2.05) is 50.1 Å². The number of aryl methyl sites for hydroxylation is 2. The van der Waals surface area contributed by atoms with Crippen molar-refractivity contribution in [3.8, 4) is 0 Å². The van der Waals surface area contributed by atoms with E-state index in [1.54, 1.807) is 0 Å². The maximum atomic E-state index is 13.1. The smallest absolute Gasteiger partial charge is 0.357 e. The van der Waals surface area contributed by atoms with Crippen molar-refractivity contribution in [2.75, 3.05) is 13.6 Å². The normalized spacial score (nSPS) is 12.3. The van der Waals surface area contributed by atoms with Crippen LogP contribution < -0.4 is 5.32 Å². The maximum Gasteiger partial charge on any atom is 0.435 e. The van der Waals surface area contributed by atoms with E-state index in [0.29, 0.717) is 19.0 Å². The quantitative estimate of drug-likeness (QED) is 0.651. The molecule has 2 aromatic rings. The number of hydrogen-bond donors (Lipinski definition) is 1. The highest BCUT2D eigenvalue weighted by atomic mass is 19.4. The Hall–Kier alpha value is -2.51. The number of aliphatic imine (C=N–C) groups is 1. The Morgan fingerprint density at radius 1 is 1.27 bits per heavy atom. The third-order valence-corrected chi connectivity index (χ3v) is 3.81. The van der Waals surface area contributed by atoms with Crippen LogP contribution in [-0.2, 0) is 26.3 Å². The van der Waals surface area contributed by atoms with Gasteiger partial charge in [0.05, 0.1) is 6.54 Å². The van der Waals surface area contributed by atoms with Crippen molar-refractivity contribution in [2.24, 2.45) is 12.0 Å². The van der Waals surface area contributed by atoms with Crippen LogP contribution in [-0.4, -0.2) is 34.2 Å². The molecule has 142 valence electrons. The van der Waals surface area contributed by atoms with Crippen LogP contribution in [0, 0.1) is 6.92 Å². The van der Waals surface area contributed by atoms with Gasteiger partial charge in [-0.3, -0.25) is 4.68 Å². The van der Waals surface area contributed by atoms with E-state index >= 15 is 0 Å². The second-order valence-electron chi connectivity index (χ2n) is 6.19. The van der Waals surface area contributed by atoms with Gasteiger partial charge in [-0.05, 0) is 19.4 Å². The lowest BCUT2D eigenvalue weighted by Gasteiger charge is -2.22. The molecule has 8 heteroatoms. The van der Waals surface area contributed by atoms with Gasteiger partial charge in [0.15, 0.2) is 11.7 Å². The van der Waals surface area contributed by atoms with Crippen LogP contribution in [0.25, 0.3) is 0 Å². The molecule has 1 heterocycles. The monoisotopic (exact) mass is 367 g/mol. The highest BCUT2D eigenvalue weighted by Crippen LogP contribution is 2.30. The highest BCUT2D eigenvalue weighted by Gasteiger charge is 2.36. The Bertz CT molecular complexity index is 747. The number of nitrogens with zero attached hydrogens (tertiary/aromatic N) is 4. The fraction of sp³-hybridized carbons (Fsp3) is 0.444. The molecule has 1 aromatic heterocycles. The molecule has 0 saturated heterocycles. The zero-order valence-corrected chi connectivity index (χ0v) is 15.4. The van der Waals surface area contributed by atoms with Gasteiger partial charge in [-0.2, -0.15) is 18.3 Å². The first-order chi connectivity index (χ1) is 12.2. The van der Waals surface area contributed by atoms with Gasteiger partial charge in [0.2, 0.25) is 0 Å². The topological polar surface area (TPSA) is 45.5 Å². The number of rotatable bonds is 5. The lowest BCUT2D eigenvalue weighted by Crippen LogP contribution is -2.38. The fourth-order valence-corrected chi connectivity index (χ4v) is 2.56. The second kappa shape index (κ2) is 8.25. The summed E-state index contributed by atoms with van der Waals surface area (Å²) in [7, 11) is 3.33. The predicted molar refractivity (Wildman–Crippen MR) is 95.7 cm³/mol. The molecule has 2 rings (SSSR count). The van der Waals surface area contributed by atoms with E-state index in [4.69, 9.17) is 0 Å². The third kappa shape index (κ3) is 5.24. The molecule has 1 N–H and O–H groups in total. The number of hydrogen-bond acceptors (Lipinski definition) is 2. The number of guanidine groups is 1. The van der Waals surface area contributed by atoms with E-state index in [9.17, 15) is 13.2 Å². The number of halogens is 3. The Labute approximate surface area is 151 Å². The van der Waals surface area contributed by atoms with Gasteiger partial charge in [-0.1, -0.05) is 29.8 Å².